The topological polar surface area (TPSA) is 69.6 Å². The summed E-state index contributed by atoms with van der Waals surface area (Å²) in [6.07, 6.45) is 1.85. The van der Waals surface area contributed by atoms with Gasteiger partial charge in [0.2, 0.25) is 0 Å². The van der Waals surface area contributed by atoms with E-state index in [9.17, 15) is 9.59 Å². The molecule has 1 atom stereocenters. The molecule has 28 heavy (non-hydrogen) atoms. The van der Waals surface area contributed by atoms with Crippen LogP contribution in [0.3, 0.4) is 0 Å². The van der Waals surface area contributed by atoms with Crippen LogP contribution in [-0.4, -0.2) is 36.6 Å². The molecule has 6 heteroatoms. The minimum Gasteiger partial charge on any atom is -0.493 e. The fourth-order valence-corrected chi connectivity index (χ4v) is 3.40. The molecule has 1 fully saturated rings. The van der Waals surface area contributed by atoms with E-state index in [4.69, 9.17) is 9.47 Å². The number of aromatic nitrogens is 1. The number of aldehydes is 1. The van der Waals surface area contributed by atoms with Crippen LogP contribution in [0.5, 0.6) is 5.75 Å². The summed E-state index contributed by atoms with van der Waals surface area (Å²) in [6.45, 7) is 2.18. The molecule has 1 aliphatic rings. The van der Waals surface area contributed by atoms with Crippen molar-refractivity contribution in [2.45, 2.75) is 6.42 Å². The Hall–Kier alpha value is -3.12. The lowest BCUT2D eigenvalue weighted by atomic mass is 10.1. The zero-order valence-electron chi connectivity index (χ0n) is 15.7. The van der Waals surface area contributed by atoms with Crippen molar-refractivity contribution in [3.63, 3.8) is 0 Å². The van der Waals surface area contributed by atoms with E-state index in [1.165, 1.54) is 0 Å². The Morgan fingerprint density at radius 2 is 2.07 bits per heavy atom. The van der Waals surface area contributed by atoms with Crippen molar-refractivity contribution in [1.82, 2.24) is 4.57 Å². The van der Waals surface area contributed by atoms with Gasteiger partial charge in [0, 0.05) is 41.7 Å². The number of aryl methyl sites for hydroxylation is 1. The fraction of sp³-hybridized carbons (Fsp3) is 0.273. The van der Waals surface area contributed by atoms with Crippen LogP contribution in [-0.2, 0) is 11.8 Å². The Labute approximate surface area is 163 Å². The summed E-state index contributed by atoms with van der Waals surface area (Å²) in [7, 11) is 1.84. The molecule has 6 nitrogen and oxygen atoms in total. The van der Waals surface area contributed by atoms with Gasteiger partial charge in [0.1, 0.15) is 5.75 Å². The van der Waals surface area contributed by atoms with Crippen LogP contribution < -0.4 is 10.1 Å². The van der Waals surface area contributed by atoms with Gasteiger partial charge >= 0.3 is 0 Å². The SMILES string of the molecule is Cn1c(C=O)cc2cc(NC(=O)c3ccc(OCC4CCOC4)cc3)ccc21. The molecule has 2 heterocycles. The van der Waals surface area contributed by atoms with Crippen LogP contribution in [0.2, 0.25) is 0 Å². The van der Waals surface area contributed by atoms with Gasteiger partial charge in [0.05, 0.1) is 18.9 Å². The van der Waals surface area contributed by atoms with Gasteiger partial charge in [-0.25, -0.2) is 0 Å². The van der Waals surface area contributed by atoms with Crippen LogP contribution in [0.1, 0.15) is 27.3 Å². The lowest BCUT2D eigenvalue weighted by Crippen LogP contribution is -2.13. The van der Waals surface area contributed by atoms with Gasteiger partial charge in [-0.2, -0.15) is 0 Å². The second-order valence-corrected chi connectivity index (χ2v) is 7.04. The molecule has 1 N–H and O–H groups in total. The summed E-state index contributed by atoms with van der Waals surface area (Å²) in [5.41, 5.74) is 2.77. The molecule has 1 saturated heterocycles. The van der Waals surface area contributed by atoms with Crippen LogP contribution >= 0.6 is 0 Å². The molecule has 0 spiro atoms. The molecule has 1 unspecified atom stereocenters. The van der Waals surface area contributed by atoms with Crippen molar-refractivity contribution in [3.05, 3.63) is 59.8 Å². The third kappa shape index (κ3) is 3.77. The van der Waals surface area contributed by atoms with E-state index in [2.05, 4.69) is 5.32 Å². The molecule has 1 aromatic heterocycles. The van der Waals surface area contributed by atoms with Crippen molar-refractivity contribution in [2.24, 2.45) is 13.0 Å². The van der Waals surface area contributed by atoms with E-state index in [0.29, 0.717) is 29.5 Å². The molecule has 0 aliphatic carbocycles. The maximum absolute atomic E-state index is 12.5. The zero-order valence-corrected chi connectivity index (χ0v) is 15.7. The summed E-state index contributed by atoms with van der Waals surface area (Å²) >= 11 is 0. The number of amides is 1. The first-order valence-electron chi connectivity index (χ1n) is 9.30. The number of hydrogen-bond donors (Lipinski definition) is 1. The smallest absolute Gasteiger partial charge is 0.255 e. The minimum absolute atomic E-state index is 0.193. The van der Waals surface area contributed by atoms with E-state index >= 15 is 0 Å². The van der Waals surface area contributed by atoms with Gasteiger partial charge in [0.15, 0.2) is 6.29 Å². The molecule has 0 radical (unpaired) electrons. The van der Waals surface area contributed by atoms with E-state index < -0.39 is 0 Å². The number of hydrogen-bond acceptors (Lipinski definition) is 4. The number of nitrogens with zero attached hydrogens (tertiary/aromatic N) is 1. The minimum atomic E-state index is -0.193. The average molecular weight is 378 g/mol. The van der Waals surface area contributed by atoms with Gasteiger partial charge in [0.25, 0.3) is 5.91 Å². The van der Waals surface area contributed by atoms with Gasteiger partial charge in [-0.15, -0.1) is 0 Å². The number of ether oxygens (including phenoxy) is 2. The van der Waals surface area contributed by atoms with Crippen LogP contribution in [0.25, 0.3) is 10.9 Å². The number of nitrogens with one attached hydrogen (secondary N) is 1. The molecule has 144 valence electrons. The van der Waals surface area contributed by atoms with Gasteiger partial charge in [-0.1, -0.05) is 0 Å². The summed E-state index contributed by atoms with van der Waals surface area (Å²) in [6, 6.07) is 14.5. The number of rotatable bonds is 6. The van der Waals surface area contributed by atoms with Crippen molar-refractivity contribution in [2.75, 3.05) is 25.1 Å². The number of carbonyl (C=O) groups excluding carboxylic acids is 2. The molecule has 3 aromatic rings. The van der Waals surface area contributed by atoms with E-state index in [0.717, 1.165) is 42.6 Å². The zero-order chi connectivity index (χ0) is 19.5. The van der Waals surface area contributed by atoms with Crippen LogP contribution in [0, 0.1) is 5.92 Å². The number of benzene rings is 2. The molecule has 0 saturated carbocycles. The highest BCUT2D eigenvalue weighted by molar-refractivity contribution is 6.05. The third-order valence-electron chi connectivity index (χ3n) is 5.08. The second-order valence-electron chi connectivity index (χ2n) is 7.04. The van der Waals surface area contributed by atoms with Gasteiger partial charge in [-0.3, -0.25) is 9.59 Å². The standard InChI is InChI=1S/C22H22N2O4/c1-24-19(12-25)11-17-10-18(4-7-21(17)24)23-22(26)16-2-5-20(6-3-16)28-14-15-8-9-27-13-15/h2-7,10-12,15H,8-9,13-14H2,1H3,(H,23,26). The highest BCUT2D eigenvalue weighted by atomic mass is 16.5. The summed E-state index contributed by atoms with van der Waals surface area (Å²) in [5, 5.41) is 3.80. The van der Waals surface area contributed by atoms with Crippen molar-refractivity contribution in [1.29, 1.82) is 0 Å². The normalized spacial score (nSPS) is 16.2. The summed E-state index contributed by atoms with van der Waals surface area (Å²) in [4.78, 5) is 23.6. The Bertz CT molecular complexity index is 1000. The molecule has 2 aromatic carbocycles. The second kappa shape index (κ2) is 7.86. The first kappa shape index (κ1) is 18.3. The molecule has 4 rings (SSSR count). The predicted molar refractivity (Wildman–Crippen MR) is 107 cm³/mol. The molecular formula is C22H22N2O4. The Kier molecular flexibility index (Phi) is 5.12. The molecule has 1 amide bonds. The quantitative estimate of drug-likeness (QED) is 0.665. The van der Waals surface area contributed by atoms with Crippen LogP contribution in [0.15, 0.2) is 48.5 Å². The van der Waals surface area contributed by atoms with Gasteiger partial charge < -0.3 is 19.4 Å². The Balaban J connectivity index is 1.41. The molecular weight excluding hydrogens is 356 g/mol. The lowest BCUT2D eigenvalue weighted by Gasteiger charge is -2.11. The van der Waals surface area contributed by atoms with Crippen molar-refractivity contribution >= 4 is 28.8 Å². The molecule has 0 bridgehead atoms. The number of fused-ring (bicyclic) bond motifs is 1. The monoisotopic (exact) mass is 378 g/mol. The highest BCUT2D eigenvalue weighted by Crippen LogP contribution is 2.23. The van der Waals surface area contributed by atoms with E-state index in [1.54, 1.807) is 18.2 Å². The van der Waals surface area contributed by atoms with Crippen molar-refractivity contribution < 1.29 is 19.1 Å². The van der Waals surface area contributed by atoms with E-state index in [-0.39, 0.29) is 5.91 Å². The fourth-order valence-electron chi connectivity index (χ4n) is 3.40. The lowest BCUT2D eigenvalue weighted by molar-refractivity contribution is 0.102. The molecule has 1 aliphatic heterocycles. The Morgan fingerprint density at radius 3 is 2.79 bits per heavy atom. The van der Waals surface area contributed by atoms with E-state index in [1.807, 2.05) is 41.9 Å². The van der Waals surface area contributed by atoms with Crippen molar-refractivity contribution in [3.8, 4) is 5.75 Å². The first-order chi connectivity index (χ1) is 13.6. The first-order valence-corrected chi connectivity index (χ1v) is 9.30. The number of anilines is 1. The predicted octanol–water partition coefficient (Wildman–Crippen LogP) is 3.66. The largest absolute Gasteiger partial charge is 0.493 e. The third-order valence-corrected chi connectivity index (χ3v) is 5.08. The number of carbonyl (C=O) groups is 2. The maximum atomic E-state index is 12.5. The van der Waals surface area contributed by atoms with Crippen LogP contribution in [0.4, 0.5) is 5.69 Å². The van der Waals surface area contributed by atoms with Gasteiger partial charge in [-0.05, 0) is 55.0 Å². The summed E-state index contributed by atoms with van der Waals surface area (Å²) in [5.74, 6) is 0.993. The highest BCUT2D eigenvalue weighted by Gasteiger charge is 2.16. The maximum Gasteiger partial charge on any atom is 0.255 e. The summed E-state index contributed by atoms with van der Waals surface area (Å²) < 4.78 is 12.9. The average Bonchev–Trinajstić information content (AvgIpc) is 3.34. The Morgan fingerprint density at radius 1 is 1.25 bits per heavy atom.